The van der Waals surface area contributed by atoms with Crippen LogP contribution in [0.15, 0.2) is 0 Å². The fraction of sp³-hybridized carbons (Fsp3) is 1.00. The maximum Gasteiger partial charge on any atom is 0.334 e. The molecule has 1 atom stereocenters. The van der Waals surface area contributed by atoms with Gasteiger partial charge in [-0.2, -0.15) is 0 Å². The van der Waals surface area contributed by atoms with Gasteiger partial charge in [0, 0.05) is 20.8 Å². The normalized spacial score (nSPS) is 19.6. The predicted molar refractivity (Wildman–Crippen MR) is 66.4 cm³/mol. The van der Waals surface area contributed by atoms with Crippen LogP contribution in [0.1, 0.15) is 6.42 Å². The van der Waals surface area contributed by atoms with Crippen LogP contribution in [-0.4, -0.2) is 61.9 Å². The zero-order chi connectivity index (χ0) is 12.6. The number of epoxide rings is 1. The van der Waals surface area contributed by atoms with Gasteiger partial charge >= 0.3 is 8.56 Å². The van der Waals surface area contributed by atoms with Crippen LogP contribution in [0.3, 0.4) is 0 Å². The van der Waals surface area contributed by atoms with Gasteiger partial charge < -0.3 is 23.1 Å². The molecule has 6 heteroatoms. The Morgan fingerprint density at radius 3 is 2.35 bits per heavy atom. The molecule has 0 aliphatic carbocycles. The molecule has 0 bridgehead atoms. The lowest BCUT2D eigenvalue weighted by molar-refractivity contribution is 0.0415. The van der Waals surface area contributed by atoms with E-state index in [0.29, 0.717) is 25.9 Å². The minimum atomic E-state index is -1.91. The highest BCUT2D eigenvalue weighted by Crippen LogP contribution is 2.13. The molecule has 1 aliphatic rings. The van der Waals surface area contributed by atoms with Crippen LogP contribution in [0.4, 0.5) is 0 Å². The van der Waals surface area contributed by atoms with Crippen molar-refractivity contribution in [1.82, 2.24) is 0 Å². The van der Waals surface area contributed by atoms with Gasteiger partial charge in [0.05, 0.1) is 26.4 Å². The Morgan fingerprint density at radius 2 is 1.76 bits per heavy atom. The molecule has 0 aromatic carbocycles. The third kappa shape index (κ3) is 7.12. The van der Waals surface area contributed by atoms with Gasteiger partial charge in [-0.15, -0.1) is 0 Å². The Kier molecular flexibility index (Phi) is 7.25. The number of hydrogen-bond acceptors (Lipinski definition) is 5. The molecule has 1 heterocycles. The van der Waals surface area contributed by atoms with Crippen molar-refractivity contribution in [1.29, 1.82) is 0 Å². The number of rotatable bonds is 11. The van der Waals surface area contributed by atoms with E-state index in [2.05, 4.69) is 6.55 Å². The Labute approximate surface area is 105 Å². The first-order chi connectivity index (χ1) is 8.20. The lowest BCUT2D eigenvalue weighted by Crippen LogP contribution is -2.36. The van der Waals surface area contributed by atoms with Gasteiger partial charge in [-0.1, -0.05) is 0 Å². The third-order valence-electron chi connectivity index (χ3n) is 2.86. The van der Waals surface area contributed by atoms with Crippen molar-refractivity contribution in [2.24, 2.45) is 0 Å². The molecule has 17 heavy (non-hydrogen) atoms. The van der Waals surface area contributed by atoms with Gasteiger partial charge in [0.25, 0.3) is 0 Å². The molecule has 0 aromatic heterocycles. The summed E-state index contributed by atoms with van der Waals surface area (Å²) in [7, 11) is 1.52. The highest BCUT2D eigenvalue weighted by atomic mass is 28.4. The van der Waals surface area contributed by atoms with E-state index in [9.17, 15) is 0 Å². The lowest BCUT2D eigenvalue weighted by Gasteiger charge is -2.22. The van der Waals surface area contributed by atoms with E-state index in [1.165, 1.54) is 0 Å². The molecule has 1 rings (SSSR count). The third-order valence-corrected chi connectivity index (χ3v) is 5.85. The van der Waals surface area contributed by atoms with Crippen LogP contribution < -0.4 is 0 Å². The van der Waals surface area contributed by atoms with Crippen LogP contribution in [-0.2, 0) is 23.1 Å². The lowest BCUT2D eigenvalue weighted by atomic mass is 10.5. The van der Waals surface area contributed by atoms with E-state index in [0.717, 1.165) is 25.7 Å². The van der Waals surface area contributed by atoms with E-state index in [1.54, 1.807) is 14.2 Å². The second-order valence-electron chi connectivity index (χ2n) is 4.29. The van der Waals surface area contributed by atoms with Gasteiger partial charge in [-0.25, -0.2) is 0 Å². The Hall–Kier alpha value is 0.0169. The van der Waals surface area contributed by atoms with Crippen molar-refractivity contribution in [3.63, 3.8) is 0 Å². The van der Waals surface area contributed by atoms with Crippen LogP contribution >= 0.6 is 0 Å². The maximum atomic E-state index is 5.47. The summed E-state index contributed by atoms with van der Waals surface area (Å²) in [4.78, 5) is 0. The second kappa shape index (κ2) is 8.18. The molecule has 1 saturated heterocycles. The SMILES string of the molecule is CO[Si](C)(CCCOCCOCC1CO1)OC. The van der Waals surface area contributed by atoms with Crippen molar-refractivity contribution in [3.05, 3.63) is 0 Å². The summed E-state index contributed by atoms with van der Waals surface area (Å²) in [6.45, 7) is 5.62. The average Bonchev–Trinajstić information content (AvgIpc) is 3.16. The summed E-state index contributed by atoms with van der Waals surface area (Å²) in [6, 6.07) is 0.955. The average molecular weight is 264 g/mol. The second-order valence-corrected chi connectivity index (χ2v) is 7.87. The molecule has 1 fully saturated rings. The van der Waals surface area contributed by atoms with E-state index >= 15 is 0 Å². The molecule has 0 amide bonds. The standard InChI is InChI=1S/C11H24O5Si/c1-12-17(3,13-2)8-4-5-14-6-7-15-9-11-10-16-11/h11H,4-10H2,1-3H3. The first kappa shape index (κ1) is 15.1. The quantitative estimate of drug-likeness (QED) is 0.318. The monoisotopic (exact) mass is 264 g/mol. The molecule has 1 aliphatic heterocycles. The minimum Gasteiger partial charge on any atom is -0.398 e. The summed E-state index contributed by atoms with van der Waals surface area (Å²) in [5.41, 5.74) is 0. The molecule has 0 aromatic rings. The first-order valence-corrected chi connectivity index (χ1v) is 8.60. The van der Waals surface area contributed by atoms with Crippen molar-refractivity contribution < 1.29 is 23.1 Å². The zero-order valence-corrected chi connectivity index (χ0v) is 12.1. The highest BCUT2D eigenvalue weighted by Gasteiger charge is 2.27. The summed E-state index contributed by atoms with van der Waals surface area (Å²) in [6.07, 6.45) is 1.31. The summed E-state index contributed by atoms with van der Waals surface area (Å²) >= 11 is 0. The van der Waals surface area contributed by atoms with Crippen LogP contribution in [0, 0.1) is 0 Å². The zero-order valence-electron chi connectivity index (χ0n) is 11.1. The number of ether oxygens (including phenoxy) is 3. The highest BCUT2D eigenvalue weighted by molar-refractivity contribution is 6.65. The molecular formula is C11H24O5Si. The van der Waals surface area contributed by atoms with E-state index < -0.39 is 8.56 Å². The van der Waals surface area contributed by atoms with E-state index in [1.807, 2.05) is 0 Å². The minimum absolute atomic E-state index is 0.338. The van der Waals surface area contributed by atoms with Crippen LogP contribution in [0.2, 0.25) is 12.6 Å². The van der Waals surface area contributed by atoms with Gasteiger partial charge in [-0.3, -0.25) is 0 Å². The largest absolute Gasteiger partial charge is 0.398 e. The van der Waals surface area contributed by atoms with E-state index in [4.69, 9.17) is 23.1 Å². The Bertz CT molecular complexity index is 194. The summed E-state index contributed by atoms with van der Waals surface area (Å²) < 4.78 is 26.6. The van der Waals surface area contributed by atoms with E-state index in [-0.39, 0.29) is 0 Å². The smallest absolute Gasteiger partial charge is 0.334 e. The van der Waals surface area contributed by atoms with Crippen molar-refractivity contribution >= 4 is 8.56 Å². The first-order valence-electron chi connectivity index (χ1n) is 6.07. The number of hydrogen-bond donors (Lipinski definition) is 0. The summed E-state index contributed by atoms with van der Waals surface area (Å²) in [5, 5.41) is 0. The molecule has 102 valence electrons. The van der Waals surface area contributed by atoms with Crippen LogP contribution in [0.25, 0.3) is 0 Å². The molecule has 0 saturated carbocycles. The van der Waals surface area contributed by atoms with Crippen molar-refractivity contribution in [2.45, 2.75) is 25.1 Å². The summed E-state index contributed by atoms with van der Waals surface area (Å²) in [5.74, 6) is 0. The van der Waals surface area contributed by atoms with Crippen LogP contribution in [0.5, 0.6) is 0 Å². The molecule has 0 N–H and O–H groups in total. The fourth-order valence-corrected chi connectivity index (χ4v) is 2.74. The molecular weight excluding hydrogens is 240 g/mol. The van der Waals surface area contributed by atoms with Crippen molar-refractivity contribution in [3.8, 4) is 0 Å². The van der Waals surface area contributed by atoms with Gasteiger partial charge in [0.2, 0.25) is 0 Å². The Balaban J connectivity index is 1.82. The molecule has 5 nitrogen and oxygen atoms in total. The Morgan fingerprint density at radius 1 is 1.12 bits per heavy atom. The molecule has 1 unspecified atom stereocenters. The van der Waals surface area contributed by atoms with Gasteiger partial charge in [-0.05, 0) is 19.0 Å². The van der Waals surface area contributed by atoms with Gasteiger partial charge in [0.15, 0.2) is 0 Å². The fourth-order valence-electron chi connectivity index (χ4n) is 1.38. The maximum absolute atomic E-state index is 5.47. The predicted octanol–water partition coefficient (Wildman–Crippen LogP) is 1.17. The topological polar surface area (TPSA) is 49.5 Å². The van der Waals surface area contributed by atoms with Gasteiger partial charge in [0.1, 0.15) is 6.10 Å². The molecule has 0 spiro atoms. The van der Waals surface area contributed by atoms with Crippen molar-refractivity contribution in [2.75, 3.05) is 47.3 Å². The molecule has 0 radical (unpaired) electrons.